The molecule has 2 fully saturated rings. The quantitative estimate of drug-likeness (QED) is 0.496. The highest BCUT2D eigenvalue weighted by Gasteiger charge is 2.58. The van der Waals surface area contributed by atoms with Crippen molar-refractivity contribution in [3.8, 4) is 0 Å². The van der Waals surface area contributed by atoms with E-state index in [9.17, 15) is 15.0 Å². The zero-order chi connectivity index (χ0) is 15.5. The molecular formula is C12H15N5O5. The summed E-state index contributed by atoms with van der Waals surface area (Å²) in [6, 6.07) is 0. The molecule has 0 aromatic carbocycles. The first-order valence-corrected chi connectivity index (χ1v) is 6.82. The third-order valence-electron chi connectivity index (χ3n) is 4.32. The summed E-state index contributed by atoms with van der Waals surface area (Å²) in [5, 5.41) is 20.0. The van der Waals surface area contributed by atoms with Gasteiger partial charge < -0.3 is 25.4 Å². The summed E-state index contributed by atoms with van der Waals surface area (Å²) in [6.45, 7) is -0.00365. The van der Waals surface area contributed by atoms with Crippen LogP contribution in [0.1, 0.15) is 6.23 Å². The number of aliphatic hydroxyl groups is 2. The van der Waals surface area contributed by atoms with Gasteiger partial charge in [0.25, 0.3) is 5.56 Å². The van der Waals surface area contributed by atoms with Gasteiger partial charge in [-0.15, -0.1) is 0 Å². The predicted octanol–water partition coefficient (Wildman–Crippen LogP) is -2.03. The molecule has 4 heterocycles. The van der Waals surface area contributed by atoms with Crippen molar-refractivity contribution in [2.75, 3.05) is 25.6 Å². The van der Waals surface area contributed by atoms with E-state index in [-0.39, 0.29) is 36.9 Å². The van der Waals surface area contributed by atoms with Crippen molar-refractivity contribution < 1.29 is 19.7 Å². The van der Waals surface area contributed by atoms with Crippen LogP contribution in [0.25, 0.3) is 11.2 Å². The second-order valence-electron chi connectivity index (χ2n) is 5.63. The second kappa shape index (κ2) is 4.49. The Balaban J connectivity index is 1.85. The molecular weight excluding hydrogens is 294 g/mol. The van der Waals surface area contributed by atoms with Gasteiger partial charge in [-0.05, 0) is 0 Å². The van der Waals surface area contributed by atoms with E-state index in [1.807, 2.05) is 0 Å². The second-order valence-corrected chi connectivity index (χ2v) is 5.63. The lowest BCUT2D eigenvalue weighted by molar-refractivity contribution is -0.163. The number of hydrogen-bond acceptors (Lipinski definition) is 8. The number of nitrogen functional groups attached to an aromatic ring is 1. The van der Waals surface area contributed by atoms with Crippen molar-refractivity contribution in [1.82, 2.24) is 19.5 Å². The van der Waals surface area contributed by atoms with Crippen LogP contribution in [0.2, 0.25) is 0 Å². The van der Waals surface area contributed by atoms with E-state index >= 15 is 0 Å². The van der Waals surface area contributed by atoms with E-state index in [2.05, 4.69) is 15.0 Å². The normalized spacial score (nSPS) is 34.4. The monoisotopic (exact) mass is 309 g/mol. The third-order valence-corrected chi connectivity index (χ3v) is 4.32. The Hall–Kier alpha value is -2.01. The number of anilines is 1. The van der Waals surface area contributed by atoms with Crippen LogP contribution in [0.3, 0.4) is 0 Å². The van der Waals surface area contributed by atoms with Gasteiger partial charge in [-0.2, -0.15) is 4.98 Å². The molecule has 22 heavy (non-hydrogen) atoms. The van der Waals surface area contributed by atoms with Gasteiger partial charge in [0.2, 0.25) is 5.95 Å². The predicted molar refractivity (Wildman–Crippen MR) is 72.8 cm³/mol. The Bertz CT molecular complexity index is 788. The summed E-state index contributed by atoms with van der Waals surface area (Å²) in [4.78, 5) is 22.3. The highest BCUT2D eigenvalue weighted by Crippen LogP contribution is 2.45. The molecule has 118 valence electrons. The number of nitrogens with two attached hydrogens (primary N) is 1. The summed E-state index contributed by atoms with van der Waals surface area (Å²) in [5.41, 5.74) is 4.35. The number of fused-ring (bicyclic) bond motifs is 3. The average molecular weight is 309 g/mol. The summed E-state index contributed by atoms with van der Waals surface area (Å²) >= 11 is 0. The largest absolute Gasteiger partial charge is 0.393 e. The van der Waals surface area contributed by atoms with Crippen molar-refractivity contribution in [2.45, 2.75) is 17.9 Å². The van der Waals surface area contributed by atoms with Gasteiger partial charge in [-0.1, -0.05) is 0 Å². The molecule has 10 heteroatoms. The molecule has 2 aromatic rings. The lowest BCUT2D eigenvalue weighted by Gasteiger charge is -2.33. The van der Waals surface area contributed by atoms with Gasteiger partial charge in [0, 0.05) is 0 Å². The lowest BCUT2D eigenvalue weighted by atomic mass is 9.89. The Kier molecular flexibility index (Phi) is 2.78. The topological polar surface area (TPSA) is 149 Å². The van der Waals surface area contributed by atoms with Crippen LogP contribution in [-0.4, -0.2) is 61.3 Å². The molecule has 2 aliphatic rings. The number of ether oxygens (including phenoxy) is 2. The van der Waals surface area contributed by atoms with Crippen LogP contribution in [-0.2, 0) is 9.47 Å². The molecule has 5 N–H and O–H groups in total. The first-order valence-electron chi connectivity index (χ1n) is 6.82. The third kappa shape index (κ3) is 1.66. The summed E-state index contributed by atoms with van der Waals surface area (Å²) in [7, 11) is 0. The number of H-pyrrole nitrogens is 1. The Morgan fingerprint density at radius 1 is 1.59 bits per heavy atom. The molecule has 4 atom stereocenters. The fourth-order valence-corrected chi connectivity index (χ4v) is 3.17. The highest BCUT2D eigenvalue weighted by molar-refractivity contribution is 5.70. The lowest BCUT2D eigenvalue weighted by Crippen LogP contribution is -2.52. The standard InChI is InChI=1S/C12H15N5O5/c13-11-15-8-6(9(20)16-11)14-4-17(8)10-5-1-21-3-12(2-18,22-10)7(5)19/h4-5,7,10,18-19H,1-3H2,(H3,13,15,16,20)/t5-,7+,10+,12-/m1/s1. The summed E-state index contributed by atoms with van der Waals surface area (Å²) in [5.74, 6) is -0.436. The number of hydrogen-bond donors (Lipinski definition) is 4. The molecule has 0 radical (unpaired) electrons. The smallest absolute Gasteiger partial charge is 0.280 e. The zero-order valence-electron chi connectivity index (χ0n) is 11.5. The molecule has 0 amide bonds. The number of aromatic amines is 1. The van der Waals surface area contributed by atoms with Gasteiger partial charge in [0.15, 0.2) is 11.2 Å². The van der Waals surface area contributed by atoms with Crippen molar-refractivity contribution in [3.63, 3.8) is 0 Å². The molecule has 0 saturated carbocycles. The van der Waals surface area contributed by atoms with Crippen LogP contribution >= 0.6 is 0 Å². The minimum absolute atomic E-state index is 0.0334. The van der Waals surface area contributed by atoms with E-state index in [1.54, 1.807) is 4.57 Å². The highest BCUT2D eigenvalue weighted by atomic mass is 16.6. The summed E-state index contributed by atoms with van der Waals surface area (Å²) < 4.78 is 12.8. The maximum Gasteiger partial charge on any atom is 0.280 e. The van der Waals surface area contributed by atoms with Crippen LogP contribution in [0.15, 0.2) is 11.1 Å². The zero-order valence-corrected chi connectivity index (χ0v) is 11.5. The molecule has 2 saturated heterocycles. The molecule has 4 rings (SSSR count). The van der Waals surface area contributed by atoms with Crippen LogP contribution in [0, 0.1) is 5.92 Å². The fraction of sp³-hybridized carbons (Fsp3) is 0.583. The molecule has 10 nitrogen and oxygen atoms in total. The maximum atomic E-state index is 11.8. The fourth-order valence-electron chi connectivity index (χ4n) is 3.17. The first kappa shape index (κ1) is 13.6. The van der Waals surface area contributed by atoms with Gasteiger partial charge >= 0.3 is 0 Å². The number of nitrogens with one attached hydrogen (secondary N) is 1. The van der Waals surface area contributed by atoms with Crippen LogP contribution < -0.4 is 11.3 Å². The molecule has 2 aliphatic heterocycles. The number of aliphatic hydroxyl groups excluding tert-OH is 2. The average Bonchev–Trinajstić information content (AvgIpc) is 2.94. The van der Waals surface area contributed by atoms with Crippen molar-refractivity contribution in [1.29, 1.82) is 0 Å². The minimum atomic E-state index is -1.17. The minimum Gasteiger partial charge on any atom is -0.393 e. The Labute approximate surface area is 123 Å². The van der Waals surface area contributed by atoms with E-state index in [0.29, 0.717) is 0 Å². The van der Waals surface area contributed by atoms with Gasteiger partial charge in [-0.3, -0.25) is 14.3 Å². The first-order chi connectivity index (χ1) is 10.6. The van der Waals surface area contributed by atoms with Gasteiger partial charge in [0.05, 0.1) is 38.2 Å². The van der Waals surface area contributed by atoms with E-state index in [0.717, 1.165) is 0 Å². The van der Waals surface area contributed by atoms with Crippen LogP contribution in [0.5, 0.6) is 0 Å². The number of rotatable bonds is 2. The van der Waals surface area contributed by atoms with Crippen molar-refractivity contribution in [3.05, 3.63) is 16.7 Å². The SMILES string of the molecule is Nc1nc2c(ncn2[C@H]2O[C@]3(CO)COC[C@@H]2[C@@H]3O)c(=O)[nH]1. The molecule has 2 aromatic heterocycles. The molecule has 0 aliphatic carbocycles. The maximum absolute atomic E-state index is 11.8. The van der Waals surface area contributed by atoms with Gasteiger partial charge in [0.1, 0.15) is 11.8 Å². The number of aromatic nitrogens is 4. The Morgan fingerprint density at radius 2 is 2.41 bits per heavy atom. The van der Waals surface area contributed by atoms with Gasteiger partial charge in [-0.25, -0.2) is 4.98 Å². The van der Waals surface area contributed by atoms with Crippen molar-refractivity contribution >= 4 is 17.1 Å². The molecule has 0 unspecified atom stereocenters. The Morgan fingerprint density at radius 3 is 3.14 bits per heavy atom. The number of nitrogens with zero attached hydrogens (tertiary/aromatic N) is 3. The number of imidazole rings is 1. The van der Waals surface area contributed by atoms with Crippen molar-refractivity contribution in [2.24, 2.45) is 5.92 Å². The van der Waals surface area contributed by atoms with Crippen LogP contribution in [0.4, 0.5) is 5.95 Å². The van der Waals surface area contributed by atoms with E-state index in [4.69, 9.17) is 15.2 Å². The van der Waals surface area contributed by atoms with E-state index < -0.39 is 29.4 Å². The molecule has 0 spiro atoms. The van der Waals surface area contributed by atoms with E-state index in [1.165, 1.54) is 6.33 Å². The summed E-state index contributed by atoms with van der Waals surface area (Å²) in [6.07, 6.45) is -0.119. The molecule has 2 bridgehead atoms.